The lowest BCUT2D eigenvalue weighted by atomic mass is 9.87. The molecular weight excluding hydrogens is 516 g/mol. The molecule has 0 aliphatic heterocycles. The van der Waals surface area contributed by atoms with E-state index in [2.05, 4.69) is 20.7 Å². The van der Waals surface area contributed by atoms with E-state index in [1.807, 2.05) is 40.0 Å². The fraction of sp³-hybridized carbons (Fsp3) is 0.517. The lowest BCUT2D eigenvalue weighted by Gasteiger charge is -2.32. The van der Waals surface area contributed by atoms with Crippen molar-refractivity contribution in [1.82, 2.24) is 29.5 Å². The molecule has 0 radical (unpaired) electrons. The topological polar surface area (TPSA) is 97.1 Å². The van der Waals surface area contributed by atoms with Crippen LogP contribution < -0.4 is 10.6 Å². The zero-order valence-electron chi connectivity index (χ0n) is 23.7. The third kappa shape index (κ3) is 6.75. The number of fused-ring (bicyclic) bond motifs is 1. The van der Waals surface area contributed by atoms with Crippen LogP contribution >= 0.6 is 0 Å². The van der Waals surface area contributed by atoms with Gasteiger partial charge in [0.25, 0.3) is 0 Å². The number of carbonyl (C=O) groups is 2. The normalized spacial score (nSPS) is 15.9. The average molecular weight is 556 g/mol. The first-order chi connectivity index (χ1) is 19.1. The van der Waals surface area contributed by atoms with E-state index in [-0.39, 0.29) is 17.9 Å². The average Bonchev–Trinajstić information content (AvgIpc) is 3.62. The number of hydrogen-bond donors (Lipinski definition) is 2. The molecule has 9 nitrogen and oxygen atoms in total. The second-order valence-electron chi connectivity index (χ2n) is 10.8. The highest BCUT2D eigenvalue weighted by Crippen LogP contribution is 2.26. The van der Waals surface area contributed by atoms with Crippen molar-refractivity contribution in [2.75, 3.05) is 18.4 Å². The molecular formula is C29H39F2N7O2. The van der Waals surface area contributed by atoms with Gasteiger partial charge in [0.1, 0.15) is 17.2 Å². The van der Waals surface area contributed by atoms with E-state index >= 15 is 0 Å². The molecule has 1 unspecified atom stereocenters. The summed E-state index contributed by atoms with van der Waals surface area (Å²) in [4.78, 5) is 32.8. The molecule has 0 saturated heterocycles. The number of carbonyl (C=O) groups excluding carboxylic acids is 2. The minimum atomic E-state index is -0.920. The first-order valence-corrected chi connectivity index (χ1v) is 14.0. The molecule has 216 valence electrons. The van der Waals surface area contributed by atoms with Crippen molar-refractivity contribution >= 4 is 17.6 Å². The van der Waals surface area contributed by atoms with Gasteiger partial charge in [-0.2, -0.15) is 5.10 Å². The van der Waals surface area contributed by atoms with Gasteiger partial charge in [-0.25, -0.2) is 13.8 Å². The Morgan fingerprint density at radius 3 is 2.75 bits per heavy atom. The second-order valence-corrected chi connectivity index (χ2v) is 10.8. The lowest BCUT2D eigenvalue weighted by Crippen LogP contribution is -2.48. The fourth-order valence-electron chi connectivity index (χ4n) is 5.26. The monoisotopic (exact) mass is 555 g/mol. The van der Waals surface area contributed by atoms with Crippen molar-refractivity contribution in [3.63, 3.8) is 0 Å². The van der Waals surface area contributed by atoms with Crippen molar-refractivity contribution in [2.24, 2.45) is 0 Å². The van der Waals surface area contributed by atoms with Gasteiger partial charge >= 0.3 is 0 Å². The molecule has 2 amide bonds. The molecule has 11 heteroatoms. The van der Waals surface area contributed by atoms with Gasteiger partial charge in [-0.1, -0.05) is 13.3 Å². The molecule has 2 heterocycles. The van der Waals surface area contributed by atoms with Crippen LogP contribution in [0.15, 0.2) is 43.1 Å². The van der Waals surface area contributed by atoms with Gasteiger partial charge in [0, 0.05) is 43.8 Å². The van der Waals surface area contributed by atoms with Crippen molar-refractivity contribution < 1.29 is 18.4 Å². The molecule has 40 heavy (non-hydrogen) atoms. The number of amides is 2. The maximum absolute atomic E-state index is 14.4. The third-order valence-corrected chi connectivity index (χ3v) is 7.63. The van der Waals surface area contributed by atoms with Crippen LogP contribution in [0.1, 0.15) is 58.1 Å². The van der Waals surface area contributed by atoms with E-state index in [9.17, 15) is 18.4 Å². The molecule has 1 aromatic carbocycles. The Morgan fingerprint density at radius 1 is 1.25 bits per heavy atom. The number of aryl methyl sites for hydroxylation is 1. The van der Waals surface area contributed by atoms with Crippen LogP contribution in [0.5, 0.6) is 0 Å². The summed E-state index contributed by atoms with van der Waals surface area (Å²) in [5, 5.41) is 10.5. The van der Waals surface area contributed by atoms with Gasteiger partial charge in [-0.15, -0.1) is 0 Å². The zero-order valence-corrected chi connectivity index (χ0v) is 23.7. The van der Waals surface area contributed by atoms with Crippen LogP contribution in [0, 0.1) is 11.6 Å². The zero-order chi connectivity index (χ0) is 28.9. The first-order valence-electron chi connectivity index (χ1n) is 14.0. The van der Waals surface area contributed by atoms with Gasteiger partial charge in [0.05, 0.1) is 18.9 Å². The summed E-state index contributed by atoms with van der Waals surface area (Å²) in [5.74, 6) is -1.05. The standard InChI is InChI=1S/C29H39F2N7O2/c1-5-8-25(34-22-10-9-20-15-21(30)16-24(31)23(20)17-22)27(39)35-26-18-37(19-32-26)29(3,4)28(40)36(6-2)13-14-38-12-7-11-33-38/h7,11-12,15-16,18-19,22,25,34H,5-6,8-10,13-14,17H2,1-4H3,(H,35,39)/t22?,25-/m0/s1. The predicted molar refractivity (Wildman–Crippen MR) is 149 cm³/mol. The van der Waals surface area contributed by atoms with Crippen molar-refractivity contribution in [3.8, 4) is 0 Å². The largest absolute Gasteiger partial charge is 0.339 e. The molecule has 1 aliphatic rings. The van der Waals surface area contributed by atoms with E-state index in [1.165, 1.54) is 6.07 Å². The number of hydrogen-bond acceptors (Lipinski definition) is 5. The number of rotatable bonds is 12. The minimum absolute atomic E-state index is 0.0624. The summed E-state index contributed by atoms with van der Waals surface area (Å²) in [6, 6.07) is 3.55. The Balaban J connectivity index is 1.38. The second kappa shape index (κ2) is 12.7. The molecule has 0 fully saturated rings. The van der Waals surface area contributed by atoms with Crippen LogP contribution in [-0.4, -0.2) is 61.2 Å². The van der Waals surface area contributed by atoms with E-state index in [0.29, 0.717) is 62.3 Å². The fourth-order valence-corrected chi connectivity index (χ4v) is 5.26. The van der Waals surface area contributed by atoms with Crippen LogP contribution in [-0.2, 0) is 34.5 Å². The van der Waals surface area contributed by atoms with Crippen LogP contribution in [0.3, 0.4) is 0 Å². The van der Waals surface area contributed by atoms with Crippen molar-refractivity contribution in [2.45, 2.75) is 84.0 Å². The number of nitrogens with zero attached hydrogens (tertiary/aromatic N) is 5. The number of nitrogens with one attached hydrogen (secondary N) is 2. The molecule has 2 atom stereocenters. The number of aromatic nitrogens is 4. The Bertz CT molecular complexity index is 1310. The number of anilines is 1. The highest BCUT2D eigenvalue weighted by atomic mass is 19.1. The summed E-state index contributed by atoms with van der Waals surface area (Å²) < 4.78 is 31.5. The summed E-state index contributed by atoms with van der Waals surface area (Å²) in [5.41, 5.74) is 0.283. The quantitative estimate of drug-likeness (QED) is 0.354. The van der Waals surface area contributed by atoms with Crippen LogP contribution in [0.4, 0.5) is 14.6 Å². The molecule has 3 aromatic rings. The smallest absolute Gasteiger partial charge is 0.248 e. The SMILES string of the molecule is CCC[C@H](NC1CCc2cc(F)cc(F)c2C1)C(=O)Nc1cn(C(C)(C)C(=O)N(CC)CCn2cccn2)cn1. The molecule has 0 bridgehead atoms. The van der Waals surface area contributed by atoms with Crippen LogP contribution in [0.25, 0.3) is 0 Å². The molecule has 4 rings (SSSR count). The lowest BCUT2D eigenvalue weighted by molar-refractivity contribution is -0.139. The highest BCUT2D eigenvalue weighted by molar-refractivity contribution is 5.94. The van der Waals surface area contributed by atoms with Gasteiger partial charge in [-0.05, 0) is 69.7 Å². The first kappa shape index (κ1) is 29.4. The van der Waals surface area contributed by atoms with Gasteiger partial charge in [-0.3, -0.25) is 14.3 Å². The van der Waals surface area contributed by atoms with E-state index in [4.69, 9.17) is 0 Å². The predicted octanol–water partition coefficient (Wildman–Crippen LogP) is 3.90. The molecule has 2 N–H and O–H groups in total. The highest BCUT2D eigenvalue weighted by Gasteiger charge is 2.34. The summed E-state index contributed by atoms with van der Waals surface area (Å²) in [6.45, 7) is 9.25. The summed E-state index contributed by atoms with van der Waals surface area (Å²) >= 11 is 0. The van der Waals surface area contributed by atoms with E-state index in [1.54, 1.807) is 32.9 Å². The summed E-state index contributed by atoms with van der Waals surface area (Å²) in [7, 11) is 0. The Labute approximate surface area is 234 Å². The number of benzene rings is 1. The molecule has 1 aliphatic carbocycles. The van der Waals surface area contributed by atoms with Crippen molar-refractivity contribution in [3.05, 3.63) is 65.9 Å². The van der Waals surface area contributed by atoms with E-state index < -0.39 is 23.2 Å². The molecule has 0 spiro atoms. The Kier molecular flexibility index (Phi) is 9.34. The van der Waals surface area contributed by atoms with Gasteiger partial charge in [0.2, 0.25) is 11.8 Å². The van der Waals surface area contributed by atoms with Crippen LogP contribution in [0.2, 0.25) is 0 Å². The Morgan fingerprint density at radius 2 is 2.05 bits per heavy atom. The summed E-state index contributed by atoms with van der Waals surface area (Å²) in [6.07, 6.45) is 9.78. The third-order valence-electron chi connectivity index (χ3n) is 7.63. The van der Waals surface area contributed by atoms with Crippen molar-refractivity contribution in [1.29, 1.82) is 0 Å². The van der Waals surface area contributed by atoms with Gasteiger partial charge in [0.15, 0.2) is 5.82 Å². The maximum Gasteiger partial charge on any atom is 0.248 e. The molecule has 0 saturated carbocycles. The maximum atomic E-state index is 14.4. The van der Waals surface area contributed by atoms with Gasteiger partial charge < -0.3 is 20.1 Å². The number of halogens is 2. The number of imidazole rings is 1. The molecule has 2 aromatic heterocycles. The number of likely N-dealkylation sites (N-methyl/N-ethyl adjacent to an activating group) is 1. The van der Waals surface area contributed by atoms with E-state index in [0.717, 1.165) is 12.5 Å². The minimum Gasteiger partial charge on any atom is -0.339 e. The Hall–Kier alpha value is -3.60.